The molecule has 0 aliphatic carbocycles. The van der Waals surface area contributed by atoms with Crippen molar-refractivity contribution in [3.8, 4) is 28.7 Å². The predicted molar refractivity (Wildman–Crippen MR) is 105 cm³/mol. The molecular formula is C19H17N7O3. The number of ether oxygens (including phenoxy) is 1. The molecule has 10 heteroatoms. The molecule has 0 spiro atoms. The van der Waals surface area contributed by atoms with Crippen LogP contribution in [0.1, 0.15) is 0 Å². The summed E-state index contributed by atoms with van der Waals surface area (Å²) in [5.74, 6) is 0.994. The third kappa shape index (κ3) is 3.90. The molecular weight excluding hydrogens is 374 g/mol. The number of nitrogens with one attached hydrogen (secondary N) is 1. The summed E-state index contributed by atoms with van der Waals surface area (Å²) in [6, 6.07) is 16.4. The predicted octanol–water partition coefficient (Wildman–Crippen LogP) is 2.22. The fraction of sp³-hybridized carbons (Fsp3) is 0.105. The second-order valence-corrected chi connectivity index (χ2v) is 6.05. The average molecular weight is 391 g/mol. The summed E-state index contributed by atoms with van der Waals surface area (Å²) in [6.45, 7) is -0.129. The van der Waals surface area contributed by atoms with E-state index in [0.29, 0.717) is 17.3 Å². The molecule has 3 N–H and O–H groups in total. The summed E-state index contributed by atoms with van der Waals surface area (Å²) in [5.41, 5.74) is 7.69. The summed E-state index contributed by atoms with van der Waals surface area (Å²) in [4.78, 5) is 16.6. The van der Waals surface area contributed by atoms with Crippen molar-refractivity contribution in [2.75, 3.05) is 18.2 Å². The number of anilines is 2. The van der Waals surface area contributed by atoms with Crippen molar-refractivity contribution in [3.63, 3.8) is 0 Å². The van der Waals surface area contributed by atoms with Gasteiger partial charge in [-0.2, -0.15) is 4.98 Å². The standard InChI is InChI=1S/C19H17N7O3/c1-28-14-9-5-8-13(10-14)21-15(27)11-26-17(20)16(23-25-26)19-22-18(24-29-19)12-6-3-2-4-7-12/h2-10H,11,20H2,1H3,(H,21,27). The number of nitrogens with zero attached hydrogens (tertiary/aromatic N) is 5. The van der Waals surface area contributed by atoms with Crippen molar-refractivity contribution in [3.05, 3.63) is 54.6 Å². The molecule has 0 aliphatic rings. The van der Waals surface area contributed by atoms with E-state index < -0.39 is 0 Å². The minimum absolute atomic E-state index is 0.126. The minimum atomic E-state index is -0.322. The number of nitrogens with two attached hydrogens (primary N) is 1. The Bertz CT molecular complexity index is 1140. The zero-order chi connectivity index (χ0) is 20.2. The lowest BCUT2D eigenvalue weighted by Gasteiger charge is -2.07. The van der Waals surface area contributed by atoms with Crippen LogP contribution in [-0.4, -0.2) is 38.2 Å². The maximum Gasteiger partial charge on any atom is 0.282 e. The van der Waals surface area contributed by atoms with E-state index in [9.17, 15) is 4.79 Å². The maximum absolute atomic E-state index is 12.3. The van der Waals surface area contributed by atoms with E-state index in [0.717, 1.165) is 5.56 Å². The lowest BCUT2D eigenvalue weighted by atomic mass is 10.2. The van der Waals surface area contributed by atoms with Gasteiger partial charge in [0.2, 0.25) is 11.7 Å². The van der Waals surface area contributed by atoms with Crippen LogP contribution >= 0.6 is 0 Å². The first kappa shape index (κ1) is 18.2. The van der Waals surface area contributed by atoms with Gasteiger partial charge in [-0.3, -0.25) is 4.79 Å². The van der Waals surface area contributed by atoms with Crippen LogP contribution in [0.2, 0.25) is 0 Å². The Balaban J connectivity index is 1.49. The van der Waals surface area contributed by atoms with Crippen LogP contribution in [0.3, 0.4) is 0 Å². The SMILES string of the molecule is COc1cccc(NC(=O)Cn2nnc(-c3nc(-c4ccccc4)no3)c2N)c1. The number of benzene rings is 2. The molecule has 2 aromatic carbocycles. The monoisotopic (exact) mass is 391 g/mol. The molecule has 0 radical (unpaired) electrons. The van der Waals surface area contributed by atoms with Crippen LogP contribution < -0.4 is 15.8 Å². The Kier molecular flexibility index (Phi) is 4.89. The van der Waals surface area contributed by atoms with E-state index in [4.69, 9.17) is 15.0 Å². The highest BCUT2D eigenvalue weighted by atomic mass is 16.5. The van der Waals surface area contributed by atoms with Gasteiger partial charge in [0.1, 0.15) is 12.3 Å². The van der Waals surface area contributed by atoms with Gasteiger partial charge in [-0.1, -0.05) is 46.8 Å². The van der Waals surface area contributed by atoms with Crippen molar-refractivity contribution < 1.29 is 14.1 Å². The molecule has 0 fully saturated rings. The maximum atomic E-state index is 12.3. The van der Waals surface area contributed by atoms with Gasteiger partial charge in [0.25, 0.3) is 5.89 Å². The van der Waals surface area contributed by atoms with Gasteiger partial charge in [0.15, 0.2) is 11.5 Å². The van der Waals surface area contributed by atoms with Crippen LogP contribution in [0.5, 0.6) is 5.75 Å². The highest BCUT2D eigenvalue weighted by molar-refractivity contribution is 5.91. The summed E-state index contributed by atoms with van der Waals surface area (Å²) in [5, 5.41) is 14.6. The number of hydrogen-bond donors (Lipinski definition) is 2. The third-order valence-corrected chi connectivity index (χ3v) is 4.08. The van der Waals surface area contributed by atoms with Crippen molar-refractivity contribution in [1.82, 2.24) is 25.1 Å². The molecule has 29 heavy (non-hydrogen) atoms. The van der Waals surface area contributed by atoms with Gasteiger partial charge < -0.3 is 20.3 Å². The Labute approximate surface area is 165 Å². The number of methoxy groups -OCH3 is 1. The third-order valence-electron chi connectivity index (χ3n) is 4.08. The molecule has 4 rings (SSSR count). The summed E-state index contributed by atoms with van der Waals surface area (Å²) in [7, 11) is 1.55. The van der Waals surface area contributed by atoms with Gasteiger partial charge in [-0.15, -0.1) is 5.10 Å². The molecule has 1 amide bonds. The van der Waals surface area contributed by atoms with Crippen LogP contribution in [-0.2, 0) is 11.3 Å². The fourth-order valence-electron chi connectivity index (χ4n) is 2.65. The molecule has 0 unspecified atom stereocenters. The summed E-state index contributed by atoms with van der Waals surface area (Å²) < 4.78 is 11.7. The molecule has 146 valence electrons. The van der Waals surface area contributed by atoms with E-state index in [2.05, 4.69) is 25.8 Å². The quantitative estimate of drug-likeness (QED) is 0.511. The number of carbonyl (C=O) groups is 1. The van der Waals surface area contributed by atoms with Crippen LogP contribution in [0.4, 0.5) is 11.5 Å². The highest BCUT2D eigenvalue weighted by Gasteiger charge is 2.20. The molecule has 4 aromatic rings. The first-order valence-electron chi connectivity index (χ1n) is 8.66. The molecule has 0 aliphatic heterocycles. The Morgan fingerprint density at radius 2 is 2.03 bits per heavy atom. The zero-order valence-electron chi connectivity index (χ0n) is 15.4. The van der Waals surface area contributed by atoms with Gasteiger partial charge >= 0.3 is 0 Å². The van der Waals surface area contributed by atoms with Gasteiger partial charge in [-0.05, 0) is 12.1 Å². The Morgan fingerprint density at radius 1 is 1.21 bits per heavy atom. The van der Waals surface area contributed by atoms with Crippen LogP contribution in [0.25, 0.3) is 23.0 Å². The van der Waals surface area contributed by atoms with E-state index in [1.807, 2.05) is 30.3 Å². The van der Waals surface area contributed by atoms with Crippen molar-refractivity contribution >= 4 is 17.4 Å². The normalized spacial score (nSPS) is 10.7. The van der Waals surface area contributed by atoms with Crippen molar-refractivity contribution in [2.45, 2.75) is 6.54 Å². The number of rotatable bonds is 6. The second-order valence-electron chi connectivity index (χ2n) is 6.05. The molecule has 0 bridgehead atoms. The molecule has 2 heterocycles. The number of nitrogen functional groups attached to an aromatic ring is 1. The smallest absolute Gasteiger partial charge is 0.282 e. The topological polar surface area (TPSA) is 134 Å². The molecule has 2 aromatic heterocycles. The first-order valence-corrected chi connectivity index (χ1v) is 8.66. The van der Waals surface area contributed by atoms with E-state index >= 15 is 0 Å². The number of amides is 1. The van der Waals surface area contributed by atoms with E-state index in [-0.39, 0.29) is 29.9 Å². The lowest BCUT2D eigenvalue weighted by molar-refractivity contribution is -0.116. The lowest BCUT2D eigenvalue weighted by Crippen LogP contribution is -2.20. The second kappa shape index (κ2) is 7.80. The van der Waals surface area contributed by atoms with Crippen LogP contribution in [0, 0.1) is 0 Å². The number of carbonyl (C=O) groups excluding carboxylic acids is 1. The highest BCUT2D eigenvalue weighted by Crippen LogP contribution is 2.24. The number of aromatic nitrogens is 5. The molecule has 0 saturated heterocycles. The first-order chi connectivity index (χ1) is 14.1. The van der Waals surface area contributed by atoms with Gasteiger partial charge in [0.05, 0.1) is 7.11 Å². The molecule has 0 atom stereocenters. The Morgan fingerprint density at radius 3 is 2.83 bits per heavy atom. The fourth-order valence-corrected chi connectivity index (χ4v) is 2.65. The summed E-state index contributed by atoms with van der Waals surface area (Å²) in [6.07, 6.45) is 0. The van der Waals surface area contributed by atoms with Gasteiger partial charge in [-0.25, -0.2) is 4.68 Å². The number of hydrogen-bond acceptors (Lipinski definition) is 8. The zero-order valence-corrected chi connectivity index (χ0v) is 15.4. The average Bonchev–Trinajstić information content (AvgIpc) is 3.36. The minimum Gasteiger partial charge on any atom is -0.497 e. The van der Waals surface area contributed by atoms with E-state index in [1.165, 1.54) is 4.68 Å². The van der Waals surface area contributed by atoms with Crippen LogP contribution in [0.15, 0.2) is 59.1 Å². The molecule has 10 nitrogen and oxygen atoms in total. The van der Waals surface area contributed by atoms with Gasteiger partial charge in [0, 0.05) is 17.3 Å². The van der Waals surface area contributed by atoms with E-state index in [1.54, 1.807) is 31.4 Å². The Hall–Kier alpha value is -4.21. The van der Waals surface area contributed by atoms with Crippen molar-refractivity contribution in [2.24, 2.45) is 0 Å². The molecule has 0 saturated carbocycles. The van der Waals surface area contributed by atoms with Crippen molar-refractivity contribution in [1.29, 1.82) is 0 Å². The summed E-state index contributed by atoms with van der Waals surface area (Å²) >= 11 is 0. The largest absolute Gasteiger partial charge is 0.497 e.